The Bertz CT molecular complexity index is 1290. The second-order valence-electron chi connectivity index (χ2n) is 9.33. The summed E-state index contributed by atoms with van der Waals surface area (Å²) in [5, 5.41) is 16.7. The Hall–Kier alpha value is -4.41. The van der Waals surface area contributed by atoms with Crippen LogP contribution in [0.5, 0.6) is 0 Å². The number of carboxylic acids is 1. The molecule has 3 amide bonds. The molecule has 37 heavy (non-hydrogen) atoms. The number of imidazole rings is 1. The Balaban J connectivity index is 1.62. The van der Waals surface area contributed by atoms with Crippen molar-refractivity contribution in [3.05, 3.63) is 59.9 Å². The third-order valence-corrected chi connectivity index (χ3v) is 5.10. The average molecular weight is 510 g/mol. The largest absolute Gasteiger partial charge is 0.481 e. The number of rotatable bonds is 10. The van der Waals surface area contributed by atoms with E-state index < -0.39 is 17.7 Å². The van der Waals surface area contributed by atoms with E-state index in [2.05, 4.69) is 16.0 Å². The first-order chi connectivity index (χ1) is 17.5. The predicted molar refractivity (Wildman–Crippen MR) is 136 cm³/mol. The summed E-state index contributed by atoms with van der Waals surface area (Å²) in [4.78, 5) is 51.7. The summed E-state index contributed by atoms with van der Waals surface area (Å²) in [5.74, 6) is -1.58. The number of nitrogens with zero attached hydrogens (tertiary/aromatic N) is 2. The lowest BCUT2D eigenvalue weighted by Gasteiger charge is -2.19. The molecule has 3 aromatic rings. The topological polar surface area (TPSA) is 151 Å². The van der Waals surface area contributed by atoms with E-state index in [0.29, 0.717) is 16.9 Å². The van der Waals surface area contributed by atoms with Crippen molar-refractivity contribution >= 4 is 29.5 Å². The van der Waals surface area contributed by atoms with Crippen LogP contribution in [0.15, 0.2) is 48.8 Å². The normalized spacial score (nSPS) is 11.1. The number of hydrogen-bond donors (Lipinski definition) is 4. The third-order valence-electron chi connectivity index (χ3n) is 5.10. The summed E-state index contributed by atoms with van der Waals surface area (Å²) in [6, 6.07) is 10.6. The first-order valence-corrected chi connectivity index (χ1v) is 11.8. The minimum absolute atomic E-state index is 0.0406. The molecule has 0 aliphatic heterocycles. The first kappa shape index (κ1) is 27.2. The molecule has 0 bridgehead atoms. The SMILES string of the molecule is CC(C)(C)OC(=O)NCCC(=O)NCc1cccn2cc(-c3cccc(C(=O)NCCC(=O)O)c3)nc12. The number of hydrogen-bond acceptors (Lipinski definition) is 6. The maximum Gasteiger partial charge on any atom is 0.407 e. The van der Waals surface area contributed by atoms with Crippen LogP contribution < -0.4 is 16.0 Å². The Morgan fingerprint density at radius 2 is 1.76 bits per heavy atom. The van der Waals surface area contributed by atoms with Crippen LogP contribution in [0.25, 0.3) is 16.9 Å². The quantitative estimate of drug-likeness (QED) is 0.328. The number of carbonyl (C=O) groups is 4. The molecular weight excluding hydrogens is 478 g/mol. The molecule has 4 N–H and O–H groups in total. The number of carboxylic acid groups (broad SMARTS) is 1. The van der Waals surface area contributed by atoms with Crippen LogP contribution in [0.3, 0.4) is 0 Å². The number of carbonyl (C=O) groups excluding carboxylic acids is 3. The van der Waals surface area contributed by atoms with Crippen molar-refractivity contribution in [2.45, 2.75) is 45.8 Å². The fraction of sp³-hybridized carbons (Fsp3) is 0.346. The van der Waals surface area contributed by atoms with Gasteiger partial charge in [0, 0.05) is 55.1 Å². The number of amides is 3. The highest BCUT2D eigenvalue weighted by molar-refractivity contribution is 5.95. The van der Waals surface area contributed by atoms with Crippen LogP contribution in [0.2, 0.25) is 0 Å². The molecule has 11 heteroatoms. The Kier molecular flexibility index (Phi) is 8.83. The van der Waals surface area contributed by atoms with Crippen LogP contribution in [0, 0.1) is 0 Å². The zero-order valence-corrected chi connectivity index (χ0v) is 21.0. The van der Waals surface area contributed by atoms with E-state index in [1.54, 1.807) is 39.0 Å². The van der Waals surface area contributed by atoms with Crippen LogP contribution in [0.4, 0.5) is 4.79 Å². The molecule has 1 aromatic carbocycles. The van der Waals surface area contributed by atoms with E-state index in [1.165, 1.54) is 0 Å². The van der Waals surface area contributed by atoms with Gasteiger partial charge in [-0.25, -0.2) is 9.78 Å². The molecule has 0 unspecified atom stereocenters. The number of fused-ring (bicyclic) bond motifs is 1. The van der Waals surface area contributed by atoms with E-state index in [4.69, 9.17) is 14.8 Å². The summed E-state index contributed by atoms with van der Waals surface area (Å²) >= 11 is 0. The van der Waals surface area contributed by atoms with E-state index in [0.717, 1.165) is 11.1 Å². The van der Waals surface area contributed by atoms with E-state index in [-0.39, 0.29) is 44.3 Å². The maximum absolute atomic E-state index is 12.4. The molecule has 0 atom stereocenters. The Morgan fingerprint density at radius 1 is 1.00 bits per heavy atom. The fourth-order valence-electron chi connectivity index (χ4n) is 3.43. The van der Waals surface area contributed by atoms with Crippen molar-refractivity contribution in [3.63, 3.8) is 0 Å². The molecule has 196 valence electrons. The lowest BCUT2D eigenvalue weighted by molar-refractivity contribution is -0.136. The highest BCUT2D eigenvalue weighted by atomic mass is 16.6. The maximum atomic E-state index is 12.4. The monoisotopic (exact) mass is 509 g/mol. The summed E-state index contributed by atoms with van der Waals surface area (Å²) in [5.41, 5.74) is 2.60. The van der Waals surface area contributed by atoms with Gasteiger partial charge in [0.1, 0.15) is 11.2 Å². The predicted octanol–water partition coefficient (Wildman–Crippen LogP) is 2.74. The Labute approximate surface area is 214 Å². The number of ether oxygens (including phenoxy) is 1. The van der Waals surface area contributed by atoms with Crippen LogP contribution in [-0.4, -0.2) is 57.1 Å². The van der Waals surface area contributed by atoms with Gasteiger partial charge < -0.3 is 30.2 Å². The lowest BCUT2D eigenvalue weighted by atomic mass is 10.1. The van der Waals surface area contributed by atoms with Gasteiger partial charge in [-0.1, -0.05) is 18.2 Å². The molecule has 0 aliphatic rings. The molecule has 0 saturated carbocycles. The fourth-order valence-corrected chi connectivity index (χ4v) is 3.43. The minimum atomic E-state index is -0.983. The number of alkyl carbamates (subject to hydrolysis) is 1. The van der Waals surface area contributed by atoms with Gasteiger partial charge in [0.2, 0.25) is 5.91 Å². The smallest absolute Gasteiger partial charge is 0.407 e. The zero-order chi connectivity index (χ0) is 27.0. The zero-order valence-electron chi connectivity index (χ0n) is 21.0. The first-order valence-electron chi connectivity index (χ1n) is 11.8. The second kappa shape index (κ2) is 12.0. The third kappa shape index (κ3) is 8.34. The summed E-state index contributed by atoms with van der Waals surface area (Å²) in [7, 11) is 0. The molecule has 0 aliphatic carbocycles. The number of benzene rings is 1. The summed E-state index contributed by atoms with van der Waals surface area (Å²) < 4.78 is 6.98. The highest BCUT2D eigenvalue weighted by Gasteiger charge is 2.16. The van der Waals surface area contributed by atoms with Gasteiger partial charge in [-0.15, -0.1) is 0 Å². The van der Waals surface area contributed by atoms with Crippen molar-refractivity contribution < 1.29 is 29.0 Å². The van der Waals surface area contributed by atoms with Crippen molar-refractivity contribution in [1.82, 2.24) is 25.3 Å². The molecular formula is C26H31N5O6. The minimum Gasteiger partial charge on any atom is -0.481 e. The highest BCUT2D eigenvalue weighted by Crippen LogP contribution is 2.22. The van der Waals surface area contributed by atoms with Crippen molar-refractivity contribution in [1.29, 1.82) is 0 Å². The lowest BCUT2D eigenvalue weighted by Crippen LogP contribution is -2.35. The molecule has 0 fully saturated rings. The van der Waals surface area contributed by atoms with Crippen molar-refractivity contribution in [2.75, 3.05) is 13.1 Å². The molecule has 11 nitrogen and oxygen atoms in total. The van der Waals surface area contributed by atoms with E-state index >= 15 is 0 Å². The number of pyridine rings is 1. The summed E-state index contributed by atoms with van der Waals surface area (Å²) in [6.45, 7) is 5.73. The molecule has 3 rings (SSSR count). The van der Waals surface area contributed by atoms with Crippen LogP contribution >= 0.6 is 0 Å². The van der Waals surface area contributed by atoms with Gasteiger partial charge in [0.05, 0.1) is 12.1 Å². The molecule has 0 radical (unpaired) electrons. The van der Waals surface area contributed by atoms with Gasteiger partial charge in [0.25, 0.3) is 5.91 Å². The van der Waals surface area contributed by atoms with Crippen molar-refractivity contribution in [3.8, 4) is 11.3 Å². The van der Waals surface area contributed by atoms with Gasteiger partial charge in [-0.2, -0.15) is 0 Å². The molecule has 0 spiro atoms. The second-order valence-corrected chi connectivity index (χ2v) is 9.33. The molecule has 0 saturated heterocycles. The van der Waals surface area contributed by atoms with Gasteiger partial charge >= 0.3 is 12.1 Å². The number of aromatic nitrogens is 2. The average Bonchev–Trinajstić information content (AvgIpc) is 3.26. The van der Waals surface area contributed by atoms with Gasteiger partial charge in [0.15, 0.2) is 0 Å². The van der Waals surface area contributed by atoms with Crippen LogP contribution in [0.1, 0.15) is 49.5 Å². The van der Waals surface area contributed by atoms with E-state index in [9.17, 15) is 19.2 Å². The van der Waals surface area contributed by atoms with Crippen molar-refractivity contribution in [2.24, 2.45) is 0 Å². The number of nitrogens with one attached hydrogen (secondary N) is 3. The van der Waals surface area contributed by atoms with Crippen LogP contribution in [-0.2, 0) is 20.9 Å². The van der Waals surface area contributed by atoms with E-state index in [1.807, 2.05) is 35.0 Å². The van der Waals surface area contributed by atoms with Gasteiger partial charge in [-0.05, 0) is 39.0 Å². The summed E-state index contributed by atoms with van der Waals surface area (Å²) in [6.07, 6.45) is 3.04. The standard InChI is InChI=1S/C26H31N5O6/c1-26(2,3)37-25(36)28-11-9-21(32)29-15-19-8-5-13-31-16-20(30-23(19)31)17-6-4-7-18(14-17)24(35)27-12-10-22(33)34/h4-8,13-14,16H,9-12,15H2,1-3H3,(H,27,35)(H,28,36)(H,29,32)(H,33,34). The molecule has 2 aromatic heterocycles. The molecule has 2 heterocycles. The van der Waals surface area contributed by atoms with Gasteiger partial charge in [-0.3, -0.25) is 14.4 Å². The Morgan fingerprint density at radius 3 is 2.49 bits per heavy atom. The number of aliphatic carboxylic acids is 1.